The first kappa shape index (κ1) is 13.1. The summed E-state index contributed by atoms with van der Waals surface area (Å²) < 4.78 is 0. The van der Waals surface area contributed by atoms with Crippen molar-refractivity contribution in [3.05, 3.63) is 51.1 Å². The lowest BCUT2D eigenvalue weighted by atomic mass is 10.2. The number of nitrogens with zero attached hydrogens (tertiary/aromatic N) is 3. The number of halogens is 3. The van der Waals surface area contributed by atoms with E-state index < -0.39 is 0 Å². The van der Waals surface area contributed by atoms with Crippen LogP contribution in [0.25, 0.3) is 0 Å². The molecule has 1 aromatic carbocycles. The highest BCUT2D eigenvalue weighted by molar-refractivity contribution is 6.42. The van der Waals surface area contributed by atoms with Gasteiger partial charge in [-0.3, -0.25) is 5.43 Å². The summed E-state index contributed by atoms with van der Waals surface area (Å²) in [6, 6.07) is 8.50. The number of hydrogen-bond acceptors (Lipinski definition) is 4. The van der Waals surface area contributed by atoms with Crippen molar-refractivity contribution in [2.24, 2.45) is 5.10 Å². The summed E-state index contributed by atoms with van der Waals surface area (Å²) in [6.45, 7) is 0. The molecule has 1 N–H and O–H groups in total. The molecule has 0 aliphatic heterocycles. The molecule has 92 valence electrons. The zero-order chi connectivity index (χ0) is 13.0. The normalized spacial score (nSPS) is 10.8. The highest BCUT2D eigenvalue weighted by Gasteiger charge is 1.97. The Morgan fingerprint density at radius 1 is 1.00 bits per heavy atom. The van der Waals surface area contributed by atoms with Gasteiger partial charge >= 0.3 is 0 Å². The minimum Gasteiger partial charge on any atom is -0.260 e. The topological polar surface area (TPSA) is 50.2 Å². The number of aromatic nitrogens is 2. The van der Waals surface area contributed by atoms with Gasteiger partial charge in [-0.25, -0.2) is 0 Å². The molecule has 0 radical (unpaired) electrons. The number of hydrazone groups is 1. The van der Waals surface area contributed by atoms with Gasteiger partial charge in [-0.15, -0.1) is 10.2 Å². The van der Waals surface area contributed by atoms with Gasteiger partial charge in [0.2, 0.25) is 0 Å². The highest BCUT2D eigenvalue weighted by Crippen LogP contribution is 2.21. The van der Waals surface area contributed by atoms with Gasteiger partial charge in [-0.2, -0.15) is 5.10 Å². The Hall–Kier alpha value is -1.36. The molecular formula is C11H7Cl3N4. The Morgan fingerprint density at radius 3 is 2.50 bits per heavy atom. The van der Waals surface area contributed by atoms with Crippen molar-refractivity contribution in [1.82, 2.24) is 10.2 Å². The van der Waals surface area contributed by atoms with Crippen LogP contribution in [0.2, 0.25) is 15.2 Å². The van der Waals surface area contributed by atoms with E-state index in [4.69, 9.17) is 34.8 Å². The first-order valence-corrected chi connectivity index (χ1v) is 6.02. The lowest BCUT2D eigenvalue weighted by Crippen LogP contribution is -1.94. The number of rotatable bonds is 3. The largest absolute Gasteiger partial charge is 0.260 e. The molecule has 0 amide bonds. The fraction of sp³-hybridized carbons (Fsp3) is 0. The zero-order valence-electron chi connectivity index (χ0n) is 8.94. The van der Waals surface area contributed by atoms with Gasteiger partial charge in [0.15, 0.2) is 11.0 Å². The van der Waals surface area contributed by atoms with Gasteiger partial charge in [0, 0.05) is 0 Å². The van der Waals surface area contributed by atoms with Crippen molar-refractivity contribution in [2.45, 2.75) is 0 Å². The summed E-state index contributed by atoms with van der Waals surface area (Å²) in [4.78, 5) is 0. The molecule has 4 nitrogen and oxygen atoms in total. The highest BCUT2D eigenvalue weighted by atomic mass is 35.5. The van der Waals surface area contributed by atoms with E-state index in [9.17, 15) is 0 Å². The number of nitrogens with one attached hydrogen (secondary N) is 1. The minimum absolute atomic E-state index is 0.328. The molecule has 1 heterocycles. The van der Waals surface area contributed by atoms with E-state index in [0.29, 0.717) is 21.0 Å². The first-order chi connectivity index (χ1) is 8.65. The van der Waals surface area contributed by atoms with Crippen molar-refractivity contribution in [3.8, 4) is 0 Å². The summed E-state index contributed by atoms with van der Waals surface area (Å²) in [5.74, 6) is 0.496. The Balaban J connectivity index is 2.02. The molecule has 0 spiro atoms. The van der Waals surface area contributed by atoms with Gasteiger partial charge < -0.3 is 0 Å². The van der Waals surface area contributed by atoms with Crippen molar-refractivity contribution in [3.63, 3.8) is 0 Å². The summed E-state index contributed by atoms with van der Waals surface area (Å²) in [6.07, 6.45) is 1.60. The average molecular weight is 302 g/mol. The summed E-state index contributed by atoms with van der Waals surface area (Å²) in [5, 5.41) is 12.8. The van der Waals surface area contributed by atoms with Gasteiger partial charge in [0.1, 0.15) is 0 Å². The lowest BCUT2D eigenvalue weighted by Gasteiger charge is -1.99. The van der Waals surface area contributed by atoms with E-state index >= 15 is 0 Å². The molecule has 7 heteroatoms. The van der Waals surface area contributed by atoms with Crippen LogP contribution in [0.1, 0.15) is 5.56 Å². The Bertz CT molecular complexity index is 569. The van der Waals surface area contributed by atoms with Crippen LogP contribution in [-0.4, -0.2) is 16.4 Å². The standard InChI is InChI=1S/C11H7Cl3N4/c12-8-2-1-7(5-9(8)13)6-15-17-11-4-3-10(14)16-18-11/h1-6H,(H,17,18)/b15-6+. The Labute approximate surface area is 119 Å². The molecule has 0 unspecified atom stereocenters. The van der Waals surface area contributed by atoms with E-state index in [1.54, 1.807) is 36.5 Å². The van der Waals surface area contributed by atoms with Crippen LogP contribution in [0.5, 0.6) is 0 Å². The van der Waals surface area contributed by atoms with Gasteiger partial charge in [0.25, 0.3) is 0 Å². The van der Waals surface area contributed by atoms with Crippen LogP contribution in [-0.2, 0) is 0 Å². The van der Waals surface area contributed by atoms with Crippen LogP contribution in [0, 0.1) is 0 Å². The van der Waals surface area contributed by atoms with E-state index in [1.165, 1.54) is 0 Å². The van der Waals surface area contributed by atoms with Crippen molar-refractivity contribution < 1.29 is 0 Å². The summed E-state index contributed by atoms with van der Waals surface area (Å²) >= 11 is 17.3. The maximum absolute atomic E-state index is 5.88. The predicted molar refractivity (Wildman–Crippen MR) is 74.7 cm³/mol. The zero-order valence-corrected chi connectivity index (χ0v) is 11.2. The number of benzene rings is 1. The molecular weight excluding hydrogens is 295 g/mol. The van der Waals surface area contributed by atoms with Crippen molar-refractivity contribution in [1.29, 1.82) is 0 Å². The SMILES string of the molecule is Clc1ccc(N/N=C/c2ccc(Cl)c(Cl)c2)nn1. The first-order valence-electron chi connectivity index (χ1n) is 4.88. The third kappa shape index (κ3) is 3.57. The molecule has 0 fully saturated rings. The molecule has 0 aliphatic rings. The van der Waals surface area contributed by atoms with E-state index in [-0.39, 0.29) is 0 Å². The third-order valence-corrected chi connectivity index (χ3v) is 2.91. The molecule has 2 rings (SSSR count). The van der Waals surface area contributed by atoms with E-state index in [0.717, 1.165) is 5.56 Å². The van der Waals surface area contributed by atoms with Gasteiger partial charge in [-0.05, 0) is 29.8 Å². The van der Waals surface area contributed by atoms with Crippen LogP contribution in [0.4, 0.5) is 5.82 Å². The second kappa shape index (κ2) is 6.00. The fourth-order valence-corrected chi connectivity index (χ4v) is 1.55. The number of anilines is 1. The molecule has 1 aromatic heterocycles. The van der Waals surface area contributed by atoms with E-state index in [2.05, 4.69) is 20.7 Å². The molecule has 0 atom stereocenters. The van der Waals surface area contributed by atoms with E-state index in [1.807, 2.05) is 0 Å². The molecule has 0 bridgehead atoms. The third-order valence-electron chi connectivity index (χ3n) is 1.97. The number of hydrogen-bond donors (Lipinski definition) is 1. The van der Waals surface area contributed by atoms with Crippen LogP contribution in [0.3, 0.4) is 0 Å². The molecule has 18 heavy (non-hydrogen) atoms. The van der Waals surface area contributed by atoms with Crippen molar-refractivity contribution >= 4 is 46.8 Å². The summed E-state index contributed by atoms with van der Waals surface area (Å²) in [7, 11) is 0. The van der Waals surface area contributed by atoms with Crippen molar-refractivity contribution in [2.75, 3.05) is 5.43 Å². The molecule has 0 aliphatic carbocycles. The predicted octanol–water partition coefficient (Wildman–Crippen LogP) is 3.88. The summed E-state index contributed by atoms with van der Waals surface area (Å²) in [5.41, 5.74) is 3.53. The fourth-order valence-electron chi connectivity index (χ4n) is 1.14. The van der Waals surface area contributed by atoms with Gasteiger partial charge in [-0.1, -0.05) is 40.9 Å². The molecule has 0 saturated carbocycles. The van der Waals surface area contributed by atoms with Crippen LogP contribution < -0.4 is 5.43 Å². The maximum atomic E-state index is 5.88. The second-order valence-electron chi connectivity index (χ2n) is 3.28. The quantitative estimate of drug-likeness (QED) is 0.691. The average Bonchev–Trinajstić information content (AvgIpc) is 2.36. The minimum atomic E-state index is 0.328. The Kier molecular flexibility index (Phi) is 4.36. The smallest absolute Gasteiger partial charge is 0.168 e. The van der Waals surface area contributed by atoms with Crippen LogP contribution >= 0.6 is 34.8 Å². The second-order valence-corrected chi connectivity index (χ2v) is 4.49. The van der Waals surface area contributed by atoms with Gasteiger partial charge in [0.05, 0.1) is 16.3 Å². The molecule has 2 aromatic rings. The van der Waals surface area contributed by atoms with Crippen LogP contribution in [0.15, 0.2) is 35.4 Å². The maximum Gasteiger partial charge on any atom is 0.168 e. The molecule has 0 saturated heterocycles. The monoisotopic (exact) mass is 300 g/mol. The lowest BCUT2D eigenvalue weighted by molar-refractivity contribution is 1.02. The Morgan fingerprint density at radius 2 is 1.83 bits per heavy atom.